The standard InChI is InChI=1S/C22H19BrN2O2S2/c1-12-7-8-28-21(12)20-17(10-24)22(25-13(2)19(20)14(3)26)29-11-18(27)15-5-4-6-16(23)9-15/h4-9,20,25H,11H2,1-3H3. The number of thioether (sulfide) groups is 1. The number of dihydropyridines is 1. The van der Waals surface area contributed by atoms with Crippen LogP contribution in [0.15, 0.2) is 62.1 Å². The second-order valence-corrected chi connectivity index (χ2v) is 9.55. The molecule has 29 heavy (non-hydrogen) atoms. The molecule has 1 aromatic carbocycles. The molecule has 1 aromatic heterocycles. The van der Waals surface area contributed by atoms with Crippen LogP contribution in [0.2, 0.25) is 0 Å². The summed E-state index contributed by atoms with van der Waals surface area (Å²) >= 11 is 6.23. The monoisotopic (exact) mass is 486 g/mol. The van der Waals surface area contributed by atoms with Gasteiger partial charge in [-0.25, -0.2) is 0 Å². The molecule has 0 spiro atoms. The summed E-state index contributed by atoms with van der Waals surface area (Å²) in [5.74, 6) is -0.286. The Labute approximate surface area is 186 Å². The van der Waals surface area contributed by atoms with E-state index in [1.165, 1.54) is 18.7 Å². The minimum atomic E-state index is -0.401. The number of hydrogen-bond donors (Lipinski definition) is 1. The summed E-state index contributed by atoms with van der Waals surface area (Å²) in [6.07, 6.45) is 0. The van der Waals surface area contributed by atoms with E-state index in [0.717, 1.165) is 20.6 Å². The number of nitrogens with zero attached hydrogens (tertiary/aromatic N) is 1. The summed E-state index contributed by atoms with van der Waals surface area (Å²) in [7, 11) is 0. The van der Waals surface area contributed by atoms with Gasteiger partial charge in [-0.2, -0.15) is 5.26 Å². The lowest BCUT2D eigenvalue weighted by Gasteiger charge is -2.29. The highest BCUT2D eigenvalue weighted by Crippen LogP contribution is 2.43. The van der Waals surface area contributed by atoms with E-state index in [1.807, 2.05) is 37.4 Å². The molecule has 0 fully saturated rings. The number of Topliss-reactive ketones (excluding diaryl/α,β-unsaturated/α-hetero) is 2. The third-order valence-electron chi connectivity index (χ3n) is 4.68. The number of hydrogen-bond acceptors (Lipinski definition) is 6. The first-order chi connectivity index (χ1) is 13.8. The van der Waals surface area contributed by atoms with Crippen LogP contribution < -0.4 is 5.32 Å². The molecule has 148 valence electrons. The Balaban J connectivity index is 1.95. The molecule has 0 aliphatic carbocycles. The predicted molar refractivity (Wildman–Crippen MR) is 122 cm³/mol. The first-order valence-electron chi connectivity index (χ1n) is 8.92. The third-order valence-corrected chi connectivity index (χ3v) is 7.28. The SMILES string of the molecule is CC(=O)C1=C(C)NC(SCC(=O)c2cccc(Br)c2)=C(C#N)C1c1sccc1C. The molecule has 1 unspecified atom stereocenters. The van der Waals surface area contributed by atoms with Crippen molar-refractivity contribution in [3.05, 3.63) is 78.1 Å². The van der Waals surface area contributed by atoms with Crippen LogP contribution in [0.4, 0.5) is 0 Å². The molecule has 0 saturated carbocycles. The van der Waals surface area contributed by atoms with Crippen LogP contribution in [0, 0.1) is 18.3 Å². The lowest BCUT2D eigenvalue weighted by Crippen LogP contribution is -2.27. The topological polar surface area (TPSA) is 70.0 Å². The zero-order valence-corrected chi connectivity index (χ0v) is 19.4. The van der Waals surface area contributed by atoms with E-state index in [1.54, 1.807) is 23.5 Å². The number of allylic oxidation sites excluding steroid dienone is 3. The van der Waals surface area contributed by atoms with Crippen molar-refractivity contribution in [3.8, 4) is 6.07 Å². The smallest absolute Gasteiger partial charge is 0.173 e. The summed E-state index contributed by atoms with van der Waals surface area (Å²) in [6, 6.07) is 11.5. The summed E-state index contributed by atoms with van der Waals surface area (Å²) in [5.41, 5.74) is 3.49. The fourth-order valence-electron chi connectivity index (χ4n) is 3.32. The highest BCUT2D eigenvalue weighted by Gasteiger charge is 2.34. The largest absolute Gasteiger partial charge is 0.353 e. The van der Waals surface area contributed by atoms with Crippen LogP contribution >= 0.6 is 39.0 Å². The maximum Gasteiger partial charge on any atom is 0.173 e. The summed E-state index contributed by atoms with van der Waals surface area (Å²) in [6.45, 7) is 5.36. The van der Waals surface area contributed by atoms with Crippen LogP contribution in [0.1, 0.15) is 40.6 Å². The molecule has 0 radical (unpaired) electrons. The minimum Gasteiger partial charge on any atom is -0.353 e. The van der Waals surface area contributed by atoms with Gasteiger partial charge in [0, 0.05) is 26.2 Å². The quantitative estimate of drug-likeness (QED) is 0.528. The van der Waals surface area contributed by atoms with Gasteiger partial charge in [0.05, 0.1) is 28.3 Å². The van der Waals surface area contributed by atoms with E-state index in [2.05, 4.69) is 27.3 Å². The summed E-state index contributed by atoms with van der Waals surface area (Å²) < 4.78 is 0.846. The van der Waals surface area contributed by atoms with E-state index >= 15 is 0 Å². The fraction of sp³-hybridized carbons (Fsp3) is 0.227. The Morgan fingerprint density at radius 2 is 2.07 bits per heavy atom. The number of nitrogens with one attached hydrogen (secondary N) is 1. The van der Waals surface area contributed by atoms with Crippen molar-refractivity contribution in [3.63, 3.8) is 0 Å². The van der Waals surface area contributed by atoms with Crippen molar-refractivity contribution in [1.29, 1.82) is 5.26 Å². The van der Waals surface area contributed by atoms with Crippen LogP contribution in [0.3, 0.4) is 0 Å². The molecule has 2 aromatic rings. The van der Waals surface area contributed by atoms with Gasteiger partial charge in [0.2, 0.25) is 0 Å². The van der Waals surface area contributed by atoms with Crippen LogP contribution in [-0.2, 0) is 4.79 Å². The van der Waals surface area contributed by atoms with E-state index < -0.39 is 5.92 Å². The molecule has 1 aliphatic heterocycles. The second kappa shape index (κ2) is 9.12. The van der Waals surface area contributed by atoms with Crippen LogP contribution in [0.25, 0.3) is 0 Å². The molecule has 1 N–H and O–H groups in total. The molecule has 0 saturated heterocycles. The van der Waals surface area contributed by atoms with Crippen molar-refractivity contribution < 1.29 is 9.59 Å². The van der Waals surface area contributed by atoms with Crippen molar-refractivity contribution in [2.45, 2.75) is 26.7 Å². The fourth-order valence-corrected chi connectivity index (χ4v) is 5.75. The molecule has 0 amide bonds. The normalized spacial score (nSPS) is 16.4. The highest BCUT2D eigenvalue weighted by molar-refractivity contribution is 9.10. The van der Waals surface area contributed by atoms with Crippen LogP contribution in [0.5, 0.6) is 0 Å². The maximum atomic E-state index is 12.6. The molecule has 2 heterocycles. The number of carbonyl (C=O) groups is 2. The molecule has 3 rings (SSSR count). The van der Waals surface area contributed by atoms with Gasteiger partial charge in [-0.3, -0.25) is 9.59 Å². The van der Waals surface area contributed by atoms with Gasteiger partial charge >= 0.3 is 0 Å². The number of nitriles is 1. The molecule has 4 nitrogen and oxygen atoms in total. The number of benzene rings is 1. The van der Waals surface area contributed by atoms with Crippen molar-refractivity contribution in [2.24, 2.45) is 0 Å². The van der Waals surface area contributed by atoms with E-state index in [9.17, 15) is 14.9 Å². The van der Waals surface area contributed by atoms with Crippen molar-refractivity contribution in [1.82, 2.24) is 5.32 Å². The van der Waals surface area contributed by atoms with Gasteiger partial charge in [0.15, 0.2) is 11.6 Å². The molecule has 1 atom stereocenters. The lowest BCUT2D eigenvalue weighted by molar-refractivity contribution is -0.113. The molecular formula is C22H19BrN2O2S2. The van der Waals surface area contributed by atoms with Gasteiger partial charge in [0.25, 0.3) is 0 Å². The van der Waals surface area contributed by atoms with Crippen molar-refractivity contribution in [2.75, 3.05) is 5.75 Å². The number of halogens is 1. The number of aryl methyl sites for hydroxylation is 1. The summed E-state index contributed by atoms with van der Waals surface area (Å²) in [4.78, 5) is 26.0. The Hall–Kier alpha value is -2.14. The molecule has 1 aliphatic rings. The molecular weight excluding hydrogens is 468 g/mol. The number of thiophene rings is 1. The Bertz CT molecular complexity index is 1090. The maximum absolute atomic E-state index is 12.6. The van der Waals surface area contributed by atoms with E-state index in [-0.39, 0.29) is 17.3 Å². The number of rotatable bonds is 6. The number of carbonyl (C=O) groups excluding carboxylic acids is 2. The lowest BCUT2D eigenvalue weighted by atomic mass is 9.84. The Morgan fingerprint density at radius 3 is 2.66 bits per heavy atom. The zero-order valence-electron chi connectivity index (χ0n) is 16.2. The predicted octanol–water partition coefficient (Wildman–Crippen LogP) is 5.72. The minimum absolute atomic E-state index is 0.0225. The van der Waals surface area contributed by atoms with E-state index in [4.69, 9.17) is 0 Å². The molecule has 7 heteroatoms. The first-order valence-corrected chi connectivity index (χ1v) is 11.6. The molecule has 0 bridgehead atoms. The second-order valence-electron chi connectivity index (χ2n) is 6.70. The Morgan fingerprint density at radius 1 is 1.31 bits per heavy atom. The summed E-state index contributed by atoms with van der Waals surface area (Å²) in [5, 5.41) is 15.8. The van der Waals surface area contributed by atoms with Gasteiger partial charge in [0.1, 0.15) is 0 Å². The van der Waals surface area contributed by atoms with Gasteiger partial charge < -0.3 is 5.32 Å². The van der Waals surface area contributed by atoms with Gasteiger partial charge in [-0.05, 0) is 49.9 Å². The van der Waals surface area contributed by atoms with Gasteiger partial charge in [-0.1, -0.05) is 39.8 Å². The first kappa shape index (κ1) is 21.6. The average molecular weight is 487 g/mol. The number of ketones is 2. The highest BCUT2D eigenvalue weighted by atomic mass is 79.9. The van der Waals surface area contributed by atoms with Gasteiger partial charge in [-0.15, -0.1) is 11.3 Å². The third kappa shape index (κ3) is 4.55. The average Bonchev–Trinajstić information content (AvgIpc) is 3.10. The Kier molecular flexibility index (Phi) is 6.78. The van der Waals surface area contributed by atoms with E-state index in [0.29, 0.717) is 21.7 Å². The van der Waals surface area contributed by atoms with Crippen LogP contribution in [-0.4, -0.2) is 17.3 Å². The van der Waals surface area contributed by atoms with Crippen molar-refractivity contribution >= 4 is 50.6 Å². The zero-order chi connectivity index (χ0) is 21.1.